The number of amides is 1. The molecule has 156 valence electrons. The Morgan fingerprint density at radius 3 is 2.57 bits per heavy atom. The Hall–Kier alpha value is -3.09. The zero-order chi connectivity index (χ0) is 20.5. The summed E-state index contributed by atoms with van der Waals surface area (Å²) in [6.07, 6.45) is 6.17. The maximum Gasteiger partial charge on any atom is 0.276 e. The topological polar surface area (TPSA) is 81.6 Å². The molecule has 0 radical (unpaired) electrons. The molecule has 1 amide bonds. The molecule has 1 aliphatic heterocycles. The summed E-state index contributed by atoms with van der Waals surface area (Å²) in [5.41, 5.74) is 2.09. The number of ether oxygens (including phenoxy) is 1. The number of benzene rings is 1. The molecular weight excluding hydrogens is 382 g/mol. The van der Waals surface area contributed by atoms with E-state index in [1.807, 2.05) is 41.3 Å². The number of nitrogens with zero attached hydrogens (tertiary/aromatic N) is 3. The number of hydrogen-bond donors (Lipinski definition) is 0. The smallest absolute Gasteiger partial charge is 0.276 e. The van der Waals surface area contributed by atoms with Gasteiger partial charge in [-0.15, -0.1) is 0 Å². The molecule has 3 aromatic rings. The largest absolute Gasteiger partial charge is 0.497 e. The number of rotatable bonds is 5. The second-order valence-electron chi connectivity index (χ2n) is 8.10. The van der Waals surface area contributed by atoms with E-state index in [0.29, 0.717) is 23.9 Å². The Kier molecular flexibility index (Phi) is 5.02. The fraction of sp³-hybridized carbons (Fsp3) is 0.435. The van der Waals surface area contributed by atoms with Gasteiger partial charge >= 0.3 is 0 Å². The van der Waals surface area contributed by atoms with Crippen molar-refractivity contribution in [1.29, 1.82) is 0 Å². The minimum Gasteiger partial charge on any atom is -0.497 e. The molecular formula is C23H25N3O4. The van der Waals surface area contributed by atoms with Crippen LogP contribution in [0.1, 0.15) is 72.5 Å². The lowest BCUT2D eigenvalue weighted by molar-refractivity contribution is 0.0640. The molecule has 1 aromatic carbocycles. The second kappa shape index (κ2) is 7.97. The molecule has 2 fully saturated rings. The molecule has 5 rings (SSSR count). The number of likely N-dealkylation sites (tertiary alicyclic amines) is 1. The Labute approximate surface area is 175 Å². The predicted molar refractivity (Wildman–Crippen MR) is 109 cm³/mol. The van der Waals surface area contributed by atoms with Crippen LogP contribution in [0.25, 0.3) is 11.3 Å². The Balaban J connectivity index is 1.40. The van der Waals surface area contributed by atoms with Crippen LogP contribution < -0.4 is 4.74 Å². The molecule has 2 aromatic heterocycles. The van der Waals surface area contributed by atoms with E-state index in [2.05, 4.69) is 10.3 Å². The third kappa shape index (κ3) is 3.72. The summed E-state index contributed by atoms with van der Waals surface area (Å²) in [6.45, 7) is 0.674. The fourth-order valence-electron chi connectivity index (χ4n) is 4.09. The van der Waals surface area contributed by atoms with Crippen molar-refractivity contribution in [3.05, 3.63) is 53.6 Å². The van der Waals surface area contributed by atoms with Crippen molar-refractivity contribution in [2.75, 3.05) is 13.7 Å². The van der Waals surface area contributed by atoms with Crippen LogP contribution in [-0.2, 0) is 0 Å². The van der Waals surface area contributed by atoms with Crippen molar-refractivity contribution in [1.82, 2.24) is 15.2 Å². The number of hydrogen-bond acceptors (Lipinski definition) is 6. The Morgan fingerprint density at radius 1 is 1.00 bits per heavy atom. The van der Waals surface area contributed by atoms with Gasteiger partial charge in [0.05, 0.1) is 13.2 Å². The standard InChI is InChI=1S/C23H25N3O4/c1-28-17-10-8-15(9-11-17)18-13-22(30-24-18)20-5-3-2-4-12-26(20)23(27)19-14-21(29-25-19)16-6-7-16/h8-11,13-14,16,20H,2-7,12H2,1H3. The highest BCUT2D eigenvalue weighted by atomic mass is 16.5. The number of carbonyl (C=O) groups excluding carboxylic acids is 1. The highest BCUT2D eigenvalue weighted by molar-refractivity contribution is 5.92. The van der Waals surface area contributed by atoms with E-state index < -0.39 is 0 Å². The minimum absolute atomic E-state index is 0.0973. The zero-order valence-electron chi connectivity index (χ0n) is 17.0. The first-order chi connectivity index (χ1) is 14.7. The van der Waals surface area contributed by atoms with Gasteiger partial charge in [0.25, 0.3) is 5.91 Å². The van der Waals surface area contributed by atoms with Crippen molar-refractivity contribution in [3.63, 3.8) is 0 Å². The molecule has 1 saturated carbocycles. The first-order valence-corrected chi connectivity index (χ1v) is 10.6. The van der Waals surface area contributed by atoms with Crippen molar-refractivity contribution in [2.45, 2.75) is 50.5 Å². The van der Waals surface area contributed by atoms with Crippen molar-refractivity contribution in [3.8, 4) is 17.0 Å². The monoisotopic (exact) mass is 407 g/mol. The van der Waals surface area contributed by atoms with Crippen LogP contribution in [0.2, 0.25) is 0 Å². The molecule has 1 unspecified atom stereocenters. The van der Waals surface area contributed by atoms with Crippen LogP contribution in [0.15, 0.2) is 45.4 Å². The Bertz CT molecular complexity index is 1020. The third-order valence-corrected chi connectivity index (χ3v) is 5.98. The molecule has 1 aliphatic carbocycles. The minimum atomic E-state index is -0.152. The summed E-state index contributed by atoms with van der Waals surface area (Å²) in [5.74, 6) is 2.66. The lowest BCUT2D eigenvalue weighted by atomic mass is 10.1. The number of methoxy groups -OCH3 is 1. The summed E-state index contributed by atoms with van der Waals surface area (Å²) in [7, 11) is 1.64. The molecule has 1 saturated heterocycles. The number of aromatic nitrogens is 2. The van der Waals surface area contributed by atoms with Crippen LogP contribution in [0.5, 0.6) is 5.75 Å². The molecule has 7 heteroatoms. The molecule has 1 atom stereocenters. The molecule has 7 nitrogen and oxygen atoms in total. The van der Waals surface area contributed by atoms with E-state index in [9.17, 15) is 4.79 Å². The van der Waals surface area contributed by atoms with Crippen molar-refractivity contribution in [2.24, 2.45) is 0 Å². The average Bonchev–Trinajstić information content (AvgIpc) is 3.40. The molecule has 30 heavy (non-hydrogen) atoms. The third-order valence-electron chi connectivity index (χ3n) is 5.98. The summed E-state index contributed by atoms with van der Waals surface area (Å²) < 4.78 is 16.4. The van der Waals surface area contributed by atoms with Crippen LogP contribution in [0, 0.1) is 0 Å². The van der Waals surface area contributed by atoms with Gasteiger partial charge in [-0.2, -0.15) is 0 Å². The Morgan fingerprint density at radius 2 is 1.80 bits per heavy atom. The van der Waals surface area contributed by atoms with Gasteiger partial charge in [0, 0.05) is 30.2 Å². The van der Waals surface area contributed by atoms with Gasteiger partial charge in [0.2, 0.25) is 0 Å². The van der Waals surface area contributed by atoms with Crippen molar-refractivity contribution < 1.29 is 18.6 Å². The second-order valence-corrected chi connectivity index (χ2v) is 8.10. The van der Waals surface area contributed by atoms with Gasteiger partial charge in [0.1, 0.15) is 17.2 Å². The molecule has 0 bridgehead atoms. The molecule has 3 heterocycles. The van der Waals surface area contributed by atoms with Gasteiger partial charge in [-0.25, -0.2) is 0 Å². The molecule has 2 aliphatic rings. The first kappa shape index (κ1) is 18.9. The highest BCUT2D eigenvalue weighted by Crippen LogP contribution is 2.40. The van der Waals surface area contributed by atoms with Gasteiger partial charge in [-0.05, 0) is 49.9 Å². The van der Waals surface area contributed by atoms with Crippen LogP contribution in [-0.4, -0.2) is 34.8 Å². The quantitative estimate of drug-likeness (QED) is 0.594. The van der Waals surface area contributed by atoms with E-state index in [1.54, 1.807) is 7.11 Å². The highest BCUT2D eigenvalue weighted by Gasteiger charge is 2.34. The van der Waals surface area contributed by atoms with Crippen LogP contribution >= 0.6 is 0 Å². The lowest BCUT2D eigenvalue weighted by Crippen LogP contribution is -2.34. The van der Waals surface area contributed by atoms with Gasteiger partial charge < -0.3 is 18.7 Å². The first-order valence-electron chi connectivity index (χ1n) is 10.6. The summed E-state index contributed by atoms with van der Waals surface area (Å²) in [4.78, 5) is 15.1. The predicted octanol–water partition coefficient (Wildman–Crippen LogP) is 4.97. The summed E-state index contributed by atoms with van der Waals surface area (Å²) in [6, 6.07) is 11.3. The number of carbonyl (C=O) groups is 1. The van der Waals surface area contributed by atoms with E-state index >= 15 is 0 Å². The van der Waals surface area contributed by atoms with E-state index in [-0.39, 0.29) is 11.9 Å². The van der Waals surface area contributed by atoms with Gasteiger partial charge in [-0.1, -0.05) is 23.2 Å². The zero-order valence-corrected chi connectivity index (χ0v) is 17.0. The van der Waals surface area contributed by atoms with Crippen LogP contribution in [0.4, 0.5) is 0 Å². The maximum atomic E-state index is 13.3. The van der Waals surface area contributed by atoms with E-state index in [1.165, 1.54) is 0 Å². The summed E-state index contributed by atoms with van der Waals surface area (Å²) >= 11 is 0. The normalized spacial score (nSPS) is 19.5. The maximum absolute atomic E-state index is 13.3. The summed E-state index contributed by atoms with van der Waals surface area (Å²) in [5, 5.41) is 8.32. The van der Waals surface area contributed by atoms with Gasteiger partial charge in [0.15, 0.2) is 11.5 Å². The van der Waals surface area contributed by atoms with E-state index in [4.69, 9.17) is 13.8 Å². The van der Waals surface area contributed by atoms with Crippen LogP contribution in [0.3, 0.4) is 0 Å². The SMILES string of the molecule is COc1ccc(-c2cc(C3CCCCCN3C(=O)c3cc(C4CC4)on3)on2)cc1. The molecule has 0 spiro atoms. The fourth-order valence-corrected chi connectivity index (χ4v) is 4.09. The van der Waals surface area contributed by atoms with Gasteiger partial charge in [-0.3, -0.25) is 4.79 Å². The molecule has 0 N–H and O–H groups in total. The average molecular weight is 407 g/mol. The van der Waals surface area contributed by atoms with Crippen molar-refractivity contribution >= 4 is 5.91 Å². The lowest BCUT2D eigenvalue weighted by Gasteiger charge is -2.27. The van der Waals surface area contributed by atoms with E-state index in [0.717, 1.165) is 61.3 Å².